The second-order valence-corrected chi connectivity index (χ2v) is 6.39. The van der Waals surface area contributed by atoms with Crippen LogP contribution in [0.5, 0.6) is 0 Å². The second-order valence-electron chi connectivity index (χ2n) is 6.39. The Morgan fingerprint density at radius 1 is 1.28 bits per heavy atom. The minimum atomic E-state index is -0.278. The third kappa shape index (κ3) is 1.54. The number of nitrogens with one attached hydrogen (secondary N) is 1. The summed E-state index contributed by atoms with van der Waals surface area (Å²) in [5, 5.41) is 3.27. The lowest BCUT2D eigenvalue weighted by molar-refractivity contribution is -0.146. The molecule has 3 unspecified atom stereocenters. The van der Waals surface area contributed by atoms with Crippen LogP contribution < -0.4 is 5.32 Å². The van der Waals surface area contributed by atoms with E-state index in [0.29, 0.717) is 5.92 Å². The van der Waals surface area contributed by atoms with Crippen LogP contribution >= 0.6 is 0 Å². The van der Waals surface area contributed by atoms with E-state index in [9.17, 15) is 9.59 Å². The first kappa shape index (κ1) is 12.2. The van der Waals surface area contributed by atoms with Gasteiger partial charge in [0.15, 0.2) is 0 Å². The van der Waals surface area contributed by atoms with Crippen LogP contribution in [-0.4, -0.2) is 35.3 Å². The minimum Gasteiger partial charge on any atom is -0.314 e. The number of nitrogens with zero attached hydrogens (tertiary/aromatic N) is 1. The summed E-state index contributed by atoms with van der Waals surface area (Å²) in [6.07, 6.45) is 3.82. The van der Waals surface area contributed by atoms with Gasteiger partial charge in [0.25, 0.3) is 0 Å². The Balaban J connectivity index is 1.84. The maximum Gasteiger partial charge on any atom is 0.233 e. The van der Waals surface area contributed by atoms with Gasteiger partial charge in [-0.2, -0.15) is 0 Å². The van der Waals surface area contributed by atoms with Crippen LogP contribution in [0.3, 0.4) is 0 Å². The molecule has 0 spiro atoms. The van der Waals surface area contributed by atoms with Gasteiger partial charge in [0.05, 0.1) is 17.4 Å². The lowest BCUT2D eigenvalue weighted by Crippen LogP contribution is -2.52. The van der Waals surface area contributed by atoms with Gasteiger partial charge in [0.1, 0.15) is 0 Å². The van der Waals surface area contributed by atoms with E-state index >= 15 is 0 Å². The zero-order chi connectivity index (χ0) is 12.9. The zero-order valence-corrected chi connectivity index (χ0v) is 11.2. The summed E-state index contributed by atoms with van der Waals surface area (Å²) in [5.41, 5.74) is -0.278. The van der Waals surface area contributed by atoms with Crippen LogP contribution in [0.4, 0.5) is 0 Å². The van der Waals surface area contributed by atoms with E-state index in [2.05, 4.69) is 12.2 Å². The van der Waals surface area contributed by atoms with Gasteiger partial charge in [-0.15, -0.1) is 0 Å². The van der Waals surface area contributed by atoms with Crippen molar-refractivity contribution >= 4 is 11.8 Å². The van der Waals surface area contributed by atoms with Crippen LogP contribution in [0.15, 0.2) is 0 Å². The summed E-state index contributed by atoms with van der Waals surface area (Å²) in [5.74, 6) is 0.753. The van der Waals surface area contributed by atoms with E-state index in [1.807, 2.05) is 6.92 Å². The molecule has 100 valence electrons. The van der Waals surface area contributed by atoms with E-state index in [0.717, 1.165) is 38.8 Å². The van der Waals surface area contributed by atoms with Crippen molar-refractivity contribution in [3.8, 4) is 0 Å². The number of carbonyl (C=O) groups is 2. The maximum absolute atomic E-state index is 12.5. The molecule has 2 aliphatic heterocycles. The highest BCUT2D eigenvalue weighted by Crippen LogP contribution is 2.46. The smallest absolute Gasteiger partial charge is 0.233 e. The van der Waals surface area contributed by atoms with E-state index < -0.39 is 0 Å². The molecule has 0 radical (unpaired) electrons. The number of imide groups is 1. The van der Waals surface area contributed by atoms with Crippen LogP contribution in [0, 0.1) is 17.8 Å². The van der Waals surface area contributed by atoms with Crippen molar-refractivity contribution < 1.29 is 9.59 Å². The summed E-state index contributed by atoms with van der Waals surface area (Å²) in [7, 11) is 0. The molecule has 3 aliphatic rings. The quantitative estimate of drug-likeness (QED) is 0.748. The molecule has 0 aromatic heterocycles. The first-order valence-corrected chi connectivity index (χ1v) is 7.15. The number of likely N-dealkylation sites (tertiary alicyclic amines) is 1. The summed E-state index contributed by atoms with van der Waals surface area (Å²) < 4.78 is 0. The molecule has 0 aromatic rings. The number of hydrogen-bond donors (Lipinski definition) is 1. The largest absolute Gasteiger partial charge is 0.314 e. The van der Waals surface area contributed by atoms with E-state index in [-0.39, 0.29) is 29.2 Å². The number of fused-ring (bicyclic) bond motifs is 1. The lowest BCUT2D eigenvalue weighted by atomic mass is 9.97. The standard InChI is InChI=1S/C14H22N2O2/c1-3-9-6-10-11(7-9)13(18)16(12(10)17)14(2)4-5-15-8-14/h9-11,15H,3-8H2,1-2H3. The topological polar surface area (TPSA) is 49.4 Å². The predicted molar refractivity (Wildman–Crippen MR) is 67.7 cm³/mol. The van der Waals surface area contributed by atoms with Gasteiger partial charge < -0.3 is 5.32 Å². The first-order chi connectivity index (χ1) is 8.57. The molecule has 3 atom stereocenters. The third-order valence-corrected chi connectivity index (χ3v) is 5.20. The fourth-order valence-corrected chi connectivity index (χ4v) is 3.99. The molecule has 4 heteroatoms. The van der Waals surface area contributed by atoms with Crippen molar-refractivity contribution in [2.75, 3.05) is 13.1 Å². The highest BCUT2D eigenvalue weighted by Gasteiger charge is 2.57. The monoisotopic (exact) mass is 250 g/mol. The number of carbonyl (C=O) groups excluding carboxylic acids is 2. The SMILES string of the molecule is CCC1CC2C(=O)N(C3(C)CCNC3)C(=O)C2C1. The Hall–Kier alpha value is -0.900. The Morgan fingerprint density at radius 2 is 1.89 bits per heavy atom. The minimum absolute atomic E-state index is 0.0140. The zero-order valence-electron chi connectivity index (χ0n) is 11.2. The van der Waals surface area contributed by atoms with Crippen LogP contribution in [0.1, 0.15) is 39.5 Å². The maximum atomic E-state index is 12.5. The summed E-state index contributed by atoms with van der Waals surface area (Å²) in [6.45, 7) is 5.85. The fourth-order valence-electron chi connectivity index (χ4n) is 3.99. The summed E-state index contributed by atoms with van der Waals surface area (Å²) >= 11 is 0. The van der Waals surface area contributed by atoms with Crippen LogP contribution in [0.25, 0.3) is 0 Å². The number of rotatable bonds is 2. The van der Waals surface area contributed by atoms with Crippen molar-refractivity contribution in [3.63, 3.8) is 0 Å². The molecule has 4 nitrogen and oxygen atoms in total. The average Bonchev–Trinajstić information content (AvgIpc) is 2.99. The Morgan fingerprint density at radius 3 is 2.33 bits per heavy atom. The molecule has 0 aromatic carbocycles. The number of amides is 2. The van der Waals surface area contributed by atoms with Gasteiger partial charge in [0.2, 0.25) is 11.8 Å². The highest BCUT2D eigenvalue weighted by molar-refractivity contribution is 6.06. The fraction of sp³-hybridized carbons (Fsp3) is 0.857. The molecule has 1 saturated carbocycles. The molecule has 2 amide bonds. The molecule has 2 saturated heterocycles. The van der Waals surface area contributed by atoms with E-state index in [4.69, 9.17) is 0 Å². The average molecular weight is 250 g/mol. The second kappa shape index (κ2) is 4.05. The van der Waals surface area contributed by atoms with Crippen molar-refractivity contribution in [1.82, 2.24) is 10.2 Å². The third-order valence-electron chi connectivity index (χ3n) is 5.20. The molecule has 1 N–H and O–H groups in total. The molecule has 18 heavy (non-hydrogen) atoms. The van der Waals surface area contributed by atoms with Gasteiger partial charge in [-0.1, -0.05) is 13.3 Å². The molecular formula is C14H22N2O2. The van der Waals surface area contributed by atoms with Crippen molar-refractivity contribution in [2.45, 2.75) is 45.1 Å². The Kier molecular flexibility index (Phi) is 2.73. The molecule has 3 rings (SSSR count). The summed E-state index contributed by atoms with van der Waals surface area (Å²) in [4.78, 5) is 26.7. The summed E-state index contributed by atoms with van der Waals surface area (Å²) in [6, 6.07) is 0. The first-order valence-electron chi connectivity index (χ1n) is 7.15. The van der Waals surface area contributed by atoms with Crippen LogP contribution in [-0.2, 0) is 9.59 Å². The van der Waals surface area contributed by atoms with E-state index in [1.165, 1.54) is 0 Å². The van der Waals surface area contributed by atoms with Crippen molar-refractivity contribution in [2.24, 2.45) is 17.8 Å². The van der Waals surface area contributed by atoms with Gasteiger partial charge in [-0.3, -0.25) is 14.5 Å². The number of hydrogen-bond acceptors (Lipinski definition) is 3. The van der Waals surface area contributed by atoms with Crippen molar-refractivity contribution in [3.05, 3.63) is 0 Å². The molecular weight excluding hydrogens is 228 g/mol. The molecule has 0 bridgehead atoms. The lowest BCUT2D eigenvalue weighted by Gasteiger charge is -2.34. The predicted octanol–water partition coefficient (Wildman–Crippen LogP) is 1.16. The van der Waals surface area contributed by atoms with Gasteiger partial charge in [-0.05, 0) is 38.6 Å². The molecule has 1 aliphatic carbocycles. The molecule has 3 fully saturated rings. The van der Waals surface area contributed by atoms with Gasteiger partial charge in [0, 0.05) is 6.54 Å². The van der Waals surface area contributed by atoms with E-state index in [1.54, 1.807) is 4.90 Å². The normalized spacial score (nSPS) is 43.9. The molecule has 2 heterocycles. The Labute approximate surface area is 108 Å². The van der Waals surface area contributed by atoms with Gasteiger partial charge in [-0.25, -0.2) is 0 Å². The Bertz CT molecular complexity index is 363. The van der Waals surface area contributed by atoms with Crippen molar-refractivity contribution in [1.29, 1.82) is 0 Å². The highest BCUT2D eigenvalue weighted by atomic mass is 16.2. The van der Waals surface area contributed by atoms with Crippen LogP contribution in [0.2, 0.25) is 0 Å². The van der Waals surface area contributed by atoms with Gasteiger partial charge >= 0.3 is 0 Å².